The van der Waals surface area contributed by atoms with E-state index in [4.69, 9.17) is 0 Å². The molecule has 1 N–H and O–H groups in total. The standard InChI is InChI=1S/C16H24N4/c1-11(12-5-6-12)10-18-15-13-9-14(16(2,3)4)19-20(13)8-7-17-15/h7-9,11-12H,5-6,10H2,1-4H3,(H,17,18). The molecule has 2 aromatic rings. The molecular weight excluding hydrogens is 248 g/mol. The van der Waals surface area contributed by atoms with Crippen LogP contribution in [-0.4, -0.2) is 21.1 Å². The molecule has 1 saturated carbocycles. The lowest BCUT2D eigenvalue weighted by molar-refractivity contribution is 0.536. The third-order valence-electron chi connectivity index (χ3n) is 4.18. The monoisotopic (exact) mass is 272 g/mol. The maximum absolute atomic E-state index is 4.66. The highest BCUT2D eigenvalue weighted by molar-refractivity contribution is 5.68. The largest absolute Gasteiger partial charge is 0.368 e. The minimum atomic E-state index is 0.0601. The molecule has 108 valence electrons. The van der Waals surface area contributed by atoms with Crippen LogP contribution in [0.25, 0.3) is 5.52 Å². The number of aromatic nitrogens is 3. The number of nitrogens with one attached hydrogen (secondary N) is 1. The molecule has 20 heavy (non-hydrogen) atoms. The van der Waals surface area contributed by atoms with Crippen molar-refractivity contribution in [2.45, 2.75) is 46.0 Å². The van der Waals surface area contributed by atoms with E-state index in [1.807, 2.05) is 16.9 Å². The van der Waals surface area contributed by atoms with Gasteiger partial charge < -0.3 is 5.32 Å². The smallest absolute Gasteiger partial charge is 0.152 e. The lowest BCUT2D eigenvalue weighted by Crippen LogP contribution is -2.14. The van der Waals surface area contributed by atoms with E-state index in [9.17, 15) is 0 Å². The van der Waals surface area contributed by atoms with Gasteiger partial charge in [-0.1, -0.05) is 27.7 Å². The molecule has 0 aliphatic heterocycles. The van der Waals surface area contributed by atoms with Crippen LogP contribution in [-0.2, 0) is 5.41 Å². The van der Waals surface area contributed by atoms with Crippen molar-refractivity contribution < 1.29 is 0 Å². The Balaban J connectivity index is 1.84. The summed E-state index contributed by atoms with van der Waals surface area (Å²) < 4.78 is 1.93. The van der Waals surface area contributed by atoms with Crippen LogP contribution in [0.5, 0.6) is 0 Å². The summed E-state index contributed by atoms with van der Waals surface area (Å²) in [5.41, 5.74) is 2.23. The fourth-order valence-corrected chi connectivity index (χ4v) is 2.51. The Morgan fingerprint density at radius 2 is 2.15 bits per heavy atom. The van der Waals surface area contributed by atoms with Gasteiger partial charge in [-0.05, 0) is 30.7 Å². The second-order valence-electron chi connectivity index (χ2n) is 7.08. The van der Waals surface area contributed by atoms with Gasteiger partial charge in [0.15, 0.2) is 5.82 Å². The van der Waals surface area contributed by atoms with Crippen LogP contribution in [0.15, 0.2) is 18.5 Å². The van der Waals surface area contributed by atoms with Crippen molar-refractivity contribution in [1.29, 1.82) is 0 Å². The van der Waals surface area contributed by atoms with Gasteiger partial charge in [-0.3, -0.25) is 0 Å². The summed E-state index contributed by atoms with van der Waals surface area (Å²) in [6.45, 7) is 9.87. The van der Waals surface area contributed by atoms with E-state index in [2.05, 4.69) is 49.2 Å². The zero-order chi connectivity index (χ0) is 14.3. The van der Waals surface area contributed by atoms with Gasteiger partial charge in [-0.25, -0.2) is 9.50 Å². The van der Waals surface area contributed by atoms with E-state index in [1.165, 1.54) is 12.8 Å². The van der Waals surface area contributed by atoms with Gasteiger partial charge in [0.2, 0.25) is 0 Å². The Kier molecular flexibility index (Phi) is 3.19. The van der Waals surface area contributed by atoms with Crippen molar-refractivity contribution in [3.63, 3.8) is 0 Å². The molecule has 0 spiro atoms. The van der Waals surface area contributed by atoms with Crippen LogP contribution < -0.4 is 5.32 Å². The summed E-state index contributed by atoms with van der Waals surface area (Å²) in [6, 6.07) is 2.15. The Bertz CT molecular complexity index is 604. The molecule has 2 aromatic heterocycles. The highest BCUT2D eigenvalue weighted by Gasteiger charge is 2.27. The molecule has 1 unspecified atom stereocenters. The molecular formula is C16H24N4. The minimum Gasteiger partial charge on any atom is -0.368 e. The first-order valence-corrected chi connectivity index (χ1v) is 7.54. The maximum atomic E-state index is 4.66. The summed E-state index contributed by atoms with van der Waals surface area (Å²) in [6.07, 6.45) is 6.51. The first kappa shape index (κ1) is 13.4. The first-order valence-electron chi connectivity index (χ1n) is 7.54. The van der Waals surface area contributed by atoms with Crippen LogP contribution in [0.1, 0.15) is 46.2 Å². The normalized spacial score (nSPS) is 17.4. The van der Waals surface area contributed by atoms with Crippen molar-refractivity contribution >= 4 is 11.3 Å². The third kappa shape index (κ3) is 2.65. The molecule has 1 fully saturated rings. The second-order valence-corrected chi connectivity index (χ2v) is 7.08. The average Bonchev–Trinajstić information content (AvgIpc) is 3.13. The van der Waals surface area contributed by atoms with Crippen LogP contribution in [0.2, 0.25) is 0 Å². The zero-order valence-electron chi connectivity index (χ0n) is 12.8. The molecule has 0 saturated heterocycles. The molecule has 1 aliphatic carbocycles. The van der Waals surface area contributed by atoms with Crippen molar-refractivity contribution in [2.75, 3.05) is 11.9 Å². The van der Waals surface area contributed by atoms with Gasteiger partial charge in [0.05, 0.1) is 5.69 Å². The van der Waals surface area contributed by atoms with Crippen LogP contribution in [0, 0.1) is 11.8 Å². The summed E-state index contributed by atoms with van der Waals surface area (Å²) >= 11 is 0. The van der Waals surface area contributed by atoms with Gasteiger partial charge in [-0.2, -0.15) is 5.10 Å². The lowest BCUT2D eigenvalue weighted by atomic mass is 9.92. The Morgan fingerprint density at radius 1 is 1.40 bits per heavy atom. The van der Waals surface area contributed by atoms with Crippen molar-refractivity contribution in [2.24, 2.45) is 11.8 Å². The zero-order valence-corrected chi connectivity index (χ0v) is 12.8. The Hall–Kier alpha value is -1.58. The maximum Gasteiger partial charge on any atom is 0.152 e. The molecule has 3 rings (SSSR count). The Morgan fingerprint density at radius 3 is 2.80 bits per heavy atom. The topological polar surface area (TPSA) is 42.2 Å². The van der Waals surface area contributed by atoms with E-state index < -0.39 is 0 Å². The van der Waals surface area contributed by atoms with E-state index >= 15 is 0 Å². The quantitative estimate of drug-likeness (QED) is 0.926. The molecule has 0 amide bonds. The molecule has 0 radical (unpaired) electrons. The fraction of sp³-hybridized carbons (Fsp3) is 0.625. The number of nitrogens with zero attached hydrogens (tertiary/aromatic N) is 3. The van der Waals surface area contributed by atoms with E-state index in [0.717, 1.165) is 35.4 Å². The molecule has 0 bridgehead atoms. The van der Waals surface area contributed by atoms with Crippen LogP contribution in [0.4, 0.5) is 5.82 Å². The average molecular weight is 272 g/mol. The van der Waals surface area contributed by atoms with E-state index in [0.29, 0.717) is 0 Å². The van der Waals surface area contributed by atoms with Crippen molar-refractivity contribution in [3.05, 3.63) is 24.2 Å². The summed E-state index contributed by atoms with van der Waals surface area (Å²) in [5, 5.41) is 8.16. The van der Waals surface area contributed by atoms with E-state index in [-0.39, 0.29) is 5.41 Å². The van der Waals surface area contributed by atoms with Gasteiger partial charge in [0, 0.05) is 24.4 Å². The molecule has 0 aromatic carbocycles. The predicted octanol–water partition coefficient (Wildman–Crippen LogP) is 3.48. The molecule has 4 nitrogen and oxygen atoms in total. The third-order valence-corrected chi connectivity index (χ3v) is 4.18. The van der Waals surface area contributed by atoms with Crippen molar-refractivity contribution in [1.82, 2.24) is 14.6 Å². The molecule has 1 aliphatic rings. The van der Waals surface area contributed by atoms with Gasteiger partial charge in [-0.15, -0.1) is 0 Å². The van der Waals surface area contributed by atoms with Crippen molar-refractivity contribution in [3.8, 4) is 0 Å². The van der Waals surface area contributed by atoms with Gasteiger partial charge >= 0.3 is 0 Å². The predicted molar refractivity (Wildman–Crippen MR) is 82.1 cm³/mol. The second kappa shape index (κ2) is 4.76. The van der Waals surface area contributed by atoms with Crippen LogP contribution >= 0.6 is 0 Å². The minimum absolute atomic E-state index is 0.0601. The first-order chi connectivity index (χ1) is 9.45. The number of rotatable bonds is 4. The number of anilines is 1. The number of hydrogen-bond donors (Lipinski definition) is 1. The molecule has 4 heteroatoms. The summed E-state index contributed by atoms with van der Waals surface area (Å²) in [4.78, 5) is 4.48. The summed E-state index contributed by atoms with van der Waals surface area (Å²) in [5.74, 6) is 2.59. The molecule has 2 heterocycles. The van der Waals surface area contributed by atoms with Gasteiger partial charge in [0.25, 0.3) is 0 Å². The Labute approximate surface area is 120 Å². The van der Waals surface area contributed by atoms with Gasteiger partial charge in [0.1, 0.15) is 5.52 Å². The highest BCUT2D eigenvalue weighted by Crippen LogP contribution is 2.36. The lowest BCUT2D eigenvalue weighted by Gasteiger charge is -2.13. The molecule has 1 atom stereocenters. The van der Waals surface area contributed by atoms with Crippen LogP contribution in [0.3, 0.4) is 0 Å². The summed E-state index contributed by atoms with van der Waals surface area (Å²) in [7, 11) is 0. The number of fused-ring (bicyclic) bond motifs is 1. The number of hydrogen-bond acceptors (Lipinski definition) is 3. The SMILES string of the molecule is CC(CNc1nccn2nc(C(C)(C)C)cc12)C1CC1. The van der Waals surface area contributed by atoms with E-state index in [1.54, 1.807) is 0 Å². The highest BCUT2D eigenvalue weighted by atomic mass is 15.2. The fourth-order valence-electron chi connectivity index (χ4n) is 2.51.